The summed E-state index contributed by atoms with van der Waals surface area (Å²) in [6.07, 6.45) is 0. The van der Waals surface area contributed by atoms with E-state index in [1.165, 1.54) is 43.7 Å². The molecule has 0 spiro atoms. The highest BCUT2D eigenvalue weighted by Crippen LogP contribution is 2.43. The van der Waals surface area contributed by atoms with Crippen molar-refractivity contribution in [2.75, 3.05) is 0 Å². The van der Waals surface area contributed by atoms with Crippen LogP contribution in [0.15, 0.2) is 121 Å². The van der Waals surface area contributed by atoms with Crippen LogP contribution >= 0.6 is 0 Å². The number of benzene rings is 6. The van der Waals surface area contributed by atoms with E-state index in [1.54, 1.807) is 0 Å². The van der Waals surface area contributed by atoms with Gasteiger partial charge in [0.2, 0.25) is 0 Å². The lowest BCUT2D eigenvalue weighted by Crippen LogP contribution is -2.21. The summed E-state index contributed by atoms with van der Waals surface area (Å²) in [6.45, 7) is 6.87. The number of rotatable bonds is 3. The second kappa shape index (κ2) is 8.30. The monoisotopic (exact) mass is 515 g/mol. The standard InChI is InChI=1S/C37H29N3/c1-37(2,3)40-32-15-9-12-25-18-21-29-28(22-23-33(40)35(29)34(25)32)24-16-19-27(20-17-24)39-31-14-8-7-13-30(31)38-36(39)26-10-5-4-6-11-26/h4-23H,1-3H3. The van der Waals surface area contributed by atoms with Crippen molar-refractivity contribution >= 4 is 43.6 Å². The number of fused-ring (bicyclic) bond motifs is 1. The van der Waals surface area contributed by atoms with E-state index in [-0.39, 0.29) is 5.54 Å². The van der Waals surface area contributed by atoms with Gasteiger partial charge in [-0.1, -0.05) is 84.9 Å². The molecule has 0 N–H and O–H groups in total. The van der Waals surface area contributed by atoms with Crippen molar-refractivity contribution < 1.29 is 0 Å². The Morgan fingerprint density at radius 3 is 2.08 bits per heavy atom. The van der Waals surface area contributed by atoms with Crippen LogP contribution in [0.4, 0.5) is 0 Å². The van der Waals surface area contributed by atoms with Gasteiger partial charge in [0.25, 0.3) is 0 Å². The summed E-state index contributed by atoms with van der Waals surface area (Å²) in [4.78, 5) is 5.01. The Hall–Kier alpha value is -4.89. The molecule has 8 aromatic rings. The van der Waals surface area contributed by atoms with Crippen LogP contribution in [0.3, 0.4) is 0 Å². The average Bonchev–Trinajstić information content (AvgIpc) is 3.54. The van der Waals surface area contributed by atoms with E-state index in [9.17, 15) is 0 Å². The minimum atomic E-state index is -0.0204. The van der Waals surface area contributed by atoms with Crippen LogP contribution in [-0.2, 0) is 5.54 Å². The fourth-order valence-electron chi connectivity index (χ4n) is 6.52. The molecule has 0 unspecified atom stereocenters. The van der Waals surface area contributed by atoms with Crippen LogP contribution in [0.2, 0.25) is 0 Å². The van der Waals surface area contributed by atoms with E-state index in [2.05, 4.69) is 145 Å². The highest BCUT2D eigenvalue weighted by atomic mass is 15.1. The first-order valence-electron chi connectivity index (χ1n) is 13.9. The van der Waals surface area contributed by atoms with Crippen LogP contribution in [0.25, 0.3) is 71.8 Å². The smallest absolute Gasteiger partial charge is 0.145 e. The predicted molar refractivity (Wildman–Crippen MR) is 169 cm³/mol. The third kappa shape index (κ3) is 3.27. The van der Waals surface area contributed by atoms with Gasteiger partial charge < -0.3 is 4.57 Å². The first-order chi connectivity index (χ1) is 19.5. The molecule has 0 aliphatic carbocycles. The van der Waals surface area contributed by atoms with E-state index < -0.39 is 0 Å². The van der Waals surface area contributed by atoms with Crippen LogP contribution < -0.4 is 0 Å². The van der Waals surface area contributed by atoms with Gasteiger partial charge in [0.15, 0.2) is 0 Å². The van der Waals surface area contributed by atoms with Gasteiger partial charge in [-0.05, 0) is 79.1 Å². The minimum Gasteiger partial charge on any atom is -0.335 e. The van der Waals surface area contributed by atoms with Crippen molar-refractivity contribution in [2.24, 2.45) is 0 Å². The van der Waals surface area contributed by atoms with E-state index in [0.29, 0.717) is 0 Å². The average molecular weight is 516 g/mol. The molecule has 0 aliphatic heterocycles. The van der Waals surface area contributed by atoms with Gasteiger partial charge in [-0.15, -0.1) is 0 Å². The summed E-state index contributed by atoms with van der Waals surface area (Å²) in [5.74, 6) is 0.955. The zero-order valence-corrected chi connectivity index (χ0v) is 22.9. The molecule has 0 atom stereocenters. The topological polar surface area (TPSA) is 22.8 Å². The van der Waals surface area contributed by atoms with E-state index >= 15 is 0 Å². The molecule has 40 heavy (non-hydrogen) atoms. The molecule has 0 radical (unpaired) electrons. The zero-order valence-electron chi connectivity index (χ0n) is 22.9. The number of aromatic nitrogens is 3. The Kier molecular flexibility index (Phi) is 4.78. The van der Waals surface area contributed by atoms with Crippen LogP contribution in [0, 0.1) is 0 Å². The fourth-order valence-corrected chi connectivity index (χ4v) is 6.52. The second-order valence-electron chi connectivity index (χ2n) is 11.7. The molecule has 3 heteroatoms. The highest BCUT2D eigenvalue weighted by Gasteiger charge is 2.24. The molecule has 3 nitrogen and oxygen atoms in total. The van der Waals surface area contributed by atoms with Gasteiger partial charge in [0, 0.05) is 27.6 Å². The molecule has 2 heterocycles. The van der Waals surface area contributed by atoms with Gasteiger partial charge >= 0.3 is 0 Å². The quantitative estimate of drug-likeness (QED) is 0.215. The maximum atomic E-state index is 5.01. The number of hydrogen-bond acceptors (Lipinski definition) is 1. The molecule has 8 rings (SSSR count). The Balaban J connectivity index is 1.32. The van der Waals surface area contributed by atoms with Gasteiger partial charge in [-0.25, -0.2) is 4.98 Å². The van der Waals surface area contributed by atoms with Gasteiger partial charge in [0.1, 0.15) is 5.82 Å². The Morgan fingerprint density at radius 1 is 0.550 bits per heavy atom. The first-order valence-corrected chi connectivity index (χ1v) is 13.9. The van der Waals surface area contributed by atoms with E-state index in [0.717, 1.165) is 28.1 Å². The second-order valence-corrected chi connectivity index (χ2v) is 11.7. The van der Waals surface area contributed by atoms with Crippen molar-refractivity contribution in [3.05, 3.63) is 121 Å². The zero-order chi connectivity index (χ0) is 27.0. The largest absolute Gasteiger partial charge is 0.335 e. The third-order valence-corrected chi connectivity index (χ3v) is 8.16. The Labute approximate surface area is 233 Å². The summed E-state index contributed by atoms with van der Waals surface area (Å²) in [6, 6.07) is 43.6. The normalized spacial score (nSPS) is 12.4. The lowest BCUT2D eigenvalue weighted by Gasteiger charge is -2.24. The molecule has 0 fully saturated rings. The molecular weight excluding hydrogens is 486 g/mol. The molecule has 192 valence electrons. The molecule has 6 aromatic carbocycles. The summed E-state index contributed by atoms with van der Waals surface area (Å²) < 4.78 is 4.77. The van der Waals surface area contributed by atoms with Crippen molar-refractivity contribution in [3.63, 3.8) is 0 Å². The minimum absolute atomic E-state index is 0.0204. The molecule has 2 aromatic heterocycles. The fraction of sp³-hybridized carbons (Fsp3) is 0.108. The van der Waals surface area contributed by atoms with Crippen molar-refractivity contribution in [1.29, 1.82) is 0 Å². The van der Waals surface area contributed by atoms with Gasteiger partial charge in [-0.3, -0.25) is 4.57 Å². The van der Waals surface area contributed by atoms with Crippen molar-refractivity contribution in [3.8, 4) is 28.2 Å². The van der Waals surface area contributed by atoms with E-state index in [4.69, 9.17) is 4.98 Å². The van der Waals surface area contributed by atoms with Crippen molar-refractivity contribution in [2.45, 2.75) is 26.3 Å². The lowest BCUT2D eigenvalue weighted by molar-refractivity contribution is 0.423. The first kappa shape index (κ1) is 23.0. The predicted octanol–water partition coefficient (Wildman–Crippen LogP) is 9.81. The molecular formula is C37H29N3. The maximum Gasteiger partial charge on any atom is 0.145 e. The summed E-state index contributed by atoms with van der Waals surface area (Å²) in [5.41, 5.74) is 9.37. The SMILES string of the molecule is CC(C)(C)n1c2cccc3ccc4c(-c5ccc(-n6c(-c7ccccc7)nc7ccccc76)cc5)ccc1c4c32. The Bertz CT molecular complexity index is 2170. The third-order valence-electron chi connectivity index (χ3n) is 8.16. The number of nitrogens with zero attached hydrogens (tertiary/aromatic N) is 3. The number of para-hydroxylation sites is 2. The van der Waals surface area contributed by atoms with Crippen LogP contribution in [0.5, 0.6) is 0 Å². The summed E-state index contributed by atoms with van der Waals surface area (Å²) in [5, 5.41) is 5.32. The van der Waals surface area contributed by atoms with Gasteiger partial charge in [-0.2, -0.15) is 0 Å². The Morgan fingerprint density at radius 2 is 1.27 bits per heavy atom. The number of imidazole rings is 1. The maximum absolute atomic E-state index is 5.01. The molecule has 0 saturated carbocycles. The van der Waals surface area contributed by atoms with Crippen LogP contribution in [-0.4, -0.2) is 14.1 Å². The summed E-state index contributed by atoms with van der Waals surface area (Å²) >= 11 is 0. The van der Waals surface area contributed by atoms with Crippen molar-refractivity contribution in [1.82, 2.24) is 14.1 Å². The van der Waals surface area contributed by atoms with Crippen LogP contribution in [0.1, 0.15) is 20.8 Å². The van der Waals surface area contributed by atoms with E-state index in [1.807, 2.05) is 6.07 Å². The highest BCUT2D eigenvalue weighted by molar-refractivity contribution is 6.26. The number of hydrogen-bond donors (Lipinski definition) is 0. The molecule has 0 amide bonds. The molecule has 0 bridgehead atoms. The molecule has 0 aliphatic rings. The summed E-state index contributed by atoms with van der Waals surface area (Å²) in [7, 11) is 0. The molecule has 0 saturated heterocycles. The lowest BCUT2D eigenvalue weighted by atomic mass is 9.94. The van der Waals surface area contributed by atoms with Gasteiger partial charge in [0.05, 0.1) is 22.1 Å².